The third kappa shape index (κ3) is 4.32. The monoisotopic (exact) mass is 200 g/mol. The summed E-state index contributed by atoms with van der Waals surface area (Å²) in [6.07, 6.45) is 9.78. The molecule has 0 radical (unpaired) electrons. The van der Waals surface area contributed by atoms with Gasteiger partial charge >= 0.3 is 0 Å². The molecule has 15 heavy (non-hydrogen) atoms. The smallest absolute Gasteiger partial charge is 0.127 e. The maximum absolute atomic E-state index is 5.65. The van der Waals surface area contributed by atoms with E-state index in [1.54, 1.807) is 0 Å². The van der Waals surface area contributed by atoms with Gasteiger partial charge in [0.2, 0.25) is 0 Å². The van der Waals surface area contributed by atoms with Gasteiger partial charge in [-0.3, -0.25) is 0 Å². The normalized spacial score (nSPS) is 12.5. The van der Waals surface area contributed by atoms with Crippen LogP contribution in [0, 0.1) is 0 Å². The van der Waals surface area contributed by atoms with Crippen molar-refractivity contribution >= 4 is 0 Å². The van der Waals surface area contributed by atoms with Crippen molar-refractivity contribution in [3.05, 3.63) is 66.5 Å². The minimum atomic E-state index is 0.847. The Balaban J connectivity index is 2.63. The van der Waals surface area contributed by atoms with Crippen LogP contribution in [-0.2, 0) is 0 Å². The predicted molar refractivity (Wildman–Crippen MR) is 64.8 cm³/mol. The fourth-order valence-electron chi connectivity index (χ4n) is 1.08. The Hall–Kier alpha value is -1.76. The van der Waals surface area contributed by atoms with Gasteiger partial charge in [0.15, 0.2) is 0 Å². The Morgan fingerprint density at radius 3 is 2.40 bits per heavy atom. The number of allylic oxidation sites excluding steroid dienone is 5. The number of rotatable bonds is 4. The van der Waals surface area contributed by atoms with Crippen molar-refractivity contribution in [2.75, 3.05) is 0 Å². The molecule has 1 aromatic carbocycles. The highest BCUT2D eigenvalue weighted by Gasteiger charge is 1.93. The van der Waals surface area contributed by atoms with Gasteiger partial charge in [0.1, 0.15) is 11.5 Å². The van der Waals surface area contributed by atoms with Crippen LogP contribution in [0.15, 0.2) is 66.5 Å². The first-order valence-corrected chi connectivity index (χ1v) is 5.05. The van der Waals surface area contributed by atoms with Gasteiger partial charge in [-0.1, -0.05) is 36.4 Å². The molecule has 0 unspecified atom stereocenters. The van der Waals surface area contributed by atoms with E-state index in [1.165, 1.54) is 0 Å². The summed E-state index contributed by atoms with van der Waals surface area (Å²) in [5.74, 6) is 1.70. The highest BCUT2D eigenvalue weighted by molar-refractivity contribution is 5.27. The standard InChI is InChI=1S/C14H16O/c1-3-5-7-10-13(4-2)15-14-11-8-6-9-12-14/h3-12H,1-2H3/b5-3-,10-7-,13-4+. The molecule has 0 fully saturated rings. The Bertz CT molecular complexity index is 358. The molecule has 0 spiro atoms. The van der Waals surface area contributed by atoms with Gasteiger partial charge in [0.25, 0.3) is 0 Å². The van der Waals surface area contributed by atoms with Gasteiger partial charge in [0, 0.05) is 0 Å². The molecule has 0 bridgehead atoms. The van der Waals surface area contributed by atoms with E-state index in [0.29, 0.717) is 0 Å². The molecule has 0 saturated carbocycles. The fourth-order valence-corrected chi connectivity index (χ4v) is 1.08. The van der Waals surface area contributed by atoms with Crippen molar-refractivity contribution in [2.24, 2.45) is 0 Å². The van der Waals surface area contributed by atoms with Gasteiger partial charge in [-0.15, -0.1) is 0 Å². The van der Waals surface area contributed by atoms with Gasteiger partial charge in [-0.2, -0.15) is 0 Å². The van der Waals surface area contributed by atoms with E-state index in [4.69, 9.17) is 4.74 Å². The topological polar surface area (TPSA) is 9.23 Å². The van der Waals surface area contributed by atoms with E-state index in [1.807, 2.05) is 74.6 Å². The Morgan fingerprint density at radius 1 is 1.07 bits per heavy atom. The second-order valence-electron chi connectivity index (χ2n) is 2.99. The van der Waals surface area contributed by atoms with Crippen LogP contribution in [0.5, 0.6) is 5.75 Å². The average molecular weight is 200 g/mol. The number of ether oxygens (including phenoxy) is 1. The van der Waals surface area contributed by atoms with Gasteiger partial charge in [-0.25, -0.2) is 0 Å². The predicted octanol–water partition coefficient (Wildman–Crippen LogP) is 4.10. The highest BCUT2D eigenvalue weighted by atomic mass is 16.5. The van der Waals surface area contributed by atoms with Crippen LogP contribution < -0.4 is 4.74 Å². The van der Waals surface area contributed by atoms with Crippen LogP contribution in [0.25, 0.3) is 0 Å². The van der Waals surface area contributed by atoms with Crippen LogP contribution >= 0.6 is 0 Å². The first kappa shape index (κ1) is 11.3. The molecular formula is C14H16O. The highest BCUT2D eigenvalue weighted by Crippen LogP contribution is 2.13. The van der Waals surface area contributed by atoms with E-state index in [9.17, 15) is 0 Å². The quantitative estimate of drug-likeness (QED) is 0.525. The maximum atomic E-state index is 5.65. The Morgan fingerprint density at radius 2 is 1.80 bits per heavy atom. The maximum Gasteiger partial charge on any atom is 0.127 e. The van der Waals surface area contributed by atoms with E-state index in [2.05, 4.69) is 0 Å². The third-order valence-electron chi connectivity index (χ3n) is 1.83. The molecule has 0 aliphatic carbocycles. The molecule has 0 saturated heterocycles. The molecule has 0 heterocycles. The Kier molecular flexibility index (Phi) is 5.02. The van der Waals surface area contributed by atoms with E-state index in [-0.39, 0.29) is 0 Å². The summed E-state index contributed by atoms with van der Waals surface area (Å²) in [5, 5.41) is 0. The molecule has 78 valence electrons. The van der Waals surface area contributed by atoms with Crippen molar-refractivity contribution in [1.82, 2.24) is 0 Å². The average Bonchev–Trinajstić information content (AvgIpc) is 2.29. The van der Waals surface area contributed by atoms with Crippen LogP contribution in [0.3, 0.4) is 0 Å². The summed E-state index contributed by atoms with van der Waals surface area (Å²) in [6, 6.07) is 9.76. The molecule has 0 aromatic heterocycles. The Labute approximate surface area is 91.4 Å². The number of hydrogen-bond acceptors (Lipinski definition) is 1. The lowest BCUT2D eigenvalue weighted by Crippen LogP contribution is -1.90. The molecular weight excluding hydrogens is 184 g/mol. The van der Waals surface area contributed by atoms with Crippen LogP contribution in [0.4, 0.5) is 0 Å². The first-order valence-electron chi connectivity index (χ1n) is 5.05. The van der Waals surface area contributed by atoms with Crippen molar-refractivity contribution in [3.8, 4) is 5.75 Å². The molecule has 1 rings (SSSR count). The summed E-state index contributed by atoms with van der Waals surface area (Å²) < 4.78 is 5.65. The third-order valence-corrected chi connectivity index (χ3v) is 1.83. The zero-order valence-electron chi connectivity index (χ0n) is 9.18. The largest absolute Gasteiger partial charge is 0.458 e. The van der Waals surface area contributed by atoms with Crippen molar-refractivity contribution in [1.29, 1.82) is 0 Å². The second kappa shape index (κ2) is 6.66. The van der Waals surface area contributed by atoms with Crippen LogP contribution in [-0.4, -0.2) is 0 Å². The van der Waals surface area contributed by atoms with E-state index < -0.39 is 0 Å². The zero-order chi connectivity index (χ0) is 10.9. The number of benzene rings is 1. The molecule has 1 heteroatoms. The lowest BCUT2D eigenvalue weighted by atomic mass is 10.3. The lowest BCUT2D eigenvalue weighted by Gasteiger charge is -2.04. The molecule has 0 amide bonds. The zero-order valence-corrected chi connectivity index (χ0v) is 9.18. The molecule has 0 N–H and O–H groups in total. The summed E-state index contributed by atoms with van der Waals surface area (Å²) >= 11 is 0. The summed E-state index contributed by atoms with van der Waals surface area (Å²) in [7, 11) is 0. The molecule has 1 aromatic rings. The summed E-state index contributed by atoms with van der Waals surface area (Å²) in [5.41, 5.74) is 0. The fraction of sp³-hybridized carbons (Fsp3) is 0.143. The SMILES string of the molecule is C\C=C/C=C\C(=C/C)Oc1ccccc1. The molecule has 0 atom stereocenters. The molecule has 0 aliphatic rings. The molecule has 1 nitrogen and oxygen atoms in total. The minimum absolute atomic E-state index is 0.847. The lowest BCUT2D eigenvalue weighted by molar-refractivity contribution is 0.443. The van der Waals surface area contributed by atoms with Gasteiger partial charge in [-0.05, 0) is 38.1 Å². The second-order valence-corrected chi connectivity index (χ2v) is 2.99. The minimum Gasteiger partial charge on any atom is -0.458 e. The molecule has 0 aliphatic heterocycles. The van der Waals surface area contributed by atoms with E-state index >= 15 is 0 Å². The van der Waals surface area contributed by atoms with Crippen molar-refractivity contribution < 1.29 is 4.74 Å². The number of hydrogen-bond donors (Lipinski definition) is 0. The van der Waals surface area contributed by atoms with E-state index in [0.717, 1.165) is 11.5 Å². The van der Waals surface area contributed by atoms with Gasteiger partial charge < -0.3 is 4.74 Å². The summed E-state index contributed by atoms with van der Waals surface area (Å²) in [4.78, 5) is 0. The van der Waals surface area contributed by atoms with Crippen LogP contribution in [0.1, 0.15) is 13.8 Å². The van der Waals surface area contributed by atoms with Gasteiger partial charge in [0.05, 0.1) is 0 Å². The van der Waals surface area contributed by atoms with Crippen molar-refractivity contribution in [2.45, 2.75) is 13.8 Å². The summed E-state index contributed by atoms with van der Waals surface area (Å²) in [6.45, 7) is 3.94. The first-order chi connectivity index (χ1) is 7.36. The van der Waals surface area contributed by atoms with Crippen LogP contribution in [0.2, 0.25) is 0 Å². The number of para-hydroxylation sites is 1. The van der Waals surface area contributed by atoms with Crippen molar-refractivity contribution in [3.63, 3.8) is 0 Å².